The minimum Gasteiger partial charge on any atom is -0.497 e. The second kappa shape index (κ2) is 11.9. The number of ether oxygens (including phenoxy) is 1. The monoisotopic (exact) mass is 591 g/mol. The van der Waals surface area contributed by atoms with Crippen LogP contribution in [0.1, 0.15) is 10.5 Å². The number of methoxy groups -OCH3 is 1. The first-order valence-corrected chi connectivity index (χ1v) is 14.5. The first kappa shape index (κ1) is 27.7. The molecule has 8 heteroatoms. The summed E-state index contributed by atoms with van der Waals surface area (Å²) >= 11 is 0. The van der Waals surface area contributed by atoms with Gasteiger partial charge in [-0.3, -0.25) is 9.36 Å². The fraction of sp³-hybridized carbons (Fsp3) is 0.0541. The van der Waals surface area contributed by atoms with Crippen LogP contribution < -0.4 is 9.64 Å². The smallest absolute Gasteiger partial charge is 0.312 e. The van der Waals surface area contributed by atoms with Gasteiger partial charge in [-0.2, -0.15) is 0 Å². The molecule has 0 radical (unpaired) electrons. The molecule has 0 fully saturated rings. The molecule has 0 bridgehead atoms. The van der Waals surface area contributed by atoms with Crippen LogP contribution in [0.4, 0.5) is 17.1 Å². The molecule has 0 unspecified atom stereocenters. The lowest BCUT2D eigenvalue weighted by atomic mass is 10.0. The van der Waals surface area contributed by atoms with E-state index in [1.807, 2.05) is 133 Å². The highest BCUT2D eigenvalue weighted by Gasteiger charge is 2.22. The van der Waals surface area contributed by atoms with Crippen molar-refractivity contribution in [1.82, 2.24) is 9.55 Å². The summed E-state index contributed by atoms with van der Waals surface area (Å²) in [6, 6.07) is 42.8. The quantitative estimate of drug-likeness (QED) is 0.172. The van der Waals surface area contributed by atoms with Crippen molar-refractivity contribution in [3.63, 3.8) is 0 Å². The number of nitrogens with zero attached hydrogens (tertiary/aromatic N) is 4. The molecule has 5 aromatic carbocycles. The van der Waals surface area contributed by atoms with Crippen LogP contribution in [0.25, 0.3) is 32.9 Å². The number of fused-ring (bicyclic) bond motifs is 2. The number of aromatic nitrogens is 2. The third kappa shape index (κ3) is 5.19. The lowest BCUT2D eigenvalue weighted by Crippen LogP contribution is -2.20. The predicted octanol–water partition coefficient (Wildman–Crippen LogP) is 9.22. The molecular formula is C37H29N5O3. The van der Waals surface area contributed by atoms with Gasteiger partial charge in [-0.05, 0) is 54.1 Å². The summed E-state index contributed by atoms with van der Waals surface area (Å²) in [6.45, 7) is 0.297. The summed E-state index contributed by atoms with van der Waals surface area (Å²) in [5.41, 5.74) is 5.55. The zero-order valence-corrected chi connectivity index (χ0v) is 24.5. The molecule has 0 saturated heterocycles. The van der Waals surface area contributed by atoms with Crippen LogP contribution in [0, 0.1) is 0 Å². The first-order chi connectivity index (χ1) is 22.1. The molecule has 2 N–H and O–H groups in total. The number of carbonyl (C=O) groups is 1. The maximum atomic E-state index is 13.7. The van der Waals surface area contributed by atoms with Crippen molar-refractivity contribution in [1.29, 1.82) is 0 Å². The molecule has 0 spiro atoms. The second-order valence-electron chi connectivity index (χ2n) is 10.5. The van der Waals surface area contributed by atoms with Crippen LogP contribution >= 0.6 is 0 Å². The molecule has 0 saturated carbocycles. The lowest BCUT2D eigenvalue weighted by molar-refractivity contribution is 0.0991. The maximum absolute atomic E-state index is 13.7. The van der Waals surface area contributed by atoms with Crippen molar-refractivity contribution >= 4 is 44.8 Å². The number of hydrogen-bond acceptors (Lipinski definition) is 5. The molecule has 1 amide bonds. The molecule has 45 heavy (non-hydrogen) atoms. The highest BCUT2D eigenvalue weighted by molar-refractivity contribution is 6.10. The van der Waals surface area contributed by atoms with Gasteiger partial charge in [0.2, 0.25) is 5.88 Å². The van der Waals surface area contributed by atoms with Gasteiger partial charge < -0.3 is 19.7 Å². The number of azo groups is 1. The normalized spacial score (nSPS) is 11.4. The van der Waals surface area contributed by atoms with E-state index in [4.69, 9.17) is 4.74 Å². The van der Waals surface area contributed by atoms with E-state index in [1.165, 1.54) is 0 Å². The third-order valence-electron chi connectivity index (χ3n) is 7.86. The van der Waals surface area contributed by atoms with Crippen molar-refractivity contribution in [2.24, 2.45) is 10.2 Å². The van der Waals surface area contributed by atoms with Gasteiger partial charge in [0.25, 0.3) is 0 Å². The fourth-order valence-corrected chi connectivity index (χ4v) is 5.69. The van der Waals surface area contributed by atoms with Crippen molar-refractivity contribution < 1.29 is 14.6 Å². The van der Waals surface area contributed by atoms with Gasteiger partial charge in [-0.1, -0.05) is 84.9 Å². The molecule has 220 valence electrons. The number of benzene rings is 5. The van der Waals surface area contributed by atoms with Crippen LogP contribution in [-0.2, 0) is 6.67 Å². The van der Waals surface area contributed by atoms with E-state index in [-0.39, 0.29) is 11.6 Å². The number of hydrogen-bond donors (Lipinski definition) is 2. The number of rotatable bonds is 8. The van der Waals surface area contributed by atoms with Crippen LogP contribution in [0.15, 0.2) is 144 Å². The summed E-state index contributed by atoms with van der Waals surface area (Å²) in [6.07, 6.45) is 0. The number of anilines is 2. The Kier molecular flexibility index (Phi) is 7.29. The zero-order valence-electron chi connectivity index (χ0n) is 24.5. The fourth-order valence-electron chi connectivity index (χ4n) is 5.69. The maximum Gasteiger partial charge on any atom is 0.312 e. The van der Waals surface area contributed by atoms with Crippen LogP contribution in [0.5, 0.6) is 11.6 Å². The minimum atomic E-state index is -0.560. The summed E-state index contributed by atoms with van der Waals surface area (Å²) in [5, 5.41) is 21.6. The Bertz CT molecular complexity index is 2110. The number of para-hydroxylation sites is 3. The average molecular weight is 592 g/mol. The van der Waals surface area contributed by atoms with E-state index >= 15 is 0 Å². The largest absolute Gasteiger partial charge is 0.497 e. The Hall–Kier alpha value is -6.15. The van der Waals surface area contributed by atoms with Gasteiger partial charge in [0, 0.05) is 33.2 Å². The number of amides is 1. The van der Waals surface area contributed by atoms with E-state index in [9.17, 15) is 9.90 Å². The van der Waals surface area contributed by atoms with Gasteiger partial charge >= 0.3 is 5.91 Å². The SMILES string of the molecule is COc1ccc2[nH]c(C(=O)N=Nc3c(O)n(CN(c4ccccc4)c4ccccc4)c4ccccc34)c(-c3ccccc3)c2c1. The van der Waals surface area contributed by atoms with E-state index in [2.05, 4.69) is 20.1 Å². The van der Waals surface area contributed by atoms with E-state index in [0.717, 1.165) is 33.4 Å². The third-order valence-corrected chi connectivity index (χ3v) is 7.86. The highest BCUT2D eigenvalue weighted by atomic mass is 16.5. The van der Waals surface area contributed by atoms with Crippen LogP contribution in [0.2, 0.25) is 0 Å². The molecular weight excluding hydrogens is 562 g/mol. The molecule has 7 rings (SSSR count). The minimum absolute atomic E-state index is 0.0886. The number of aromatic hydroxyl groups is 1. The first-order valence-electron chi connectivity index (χ1n) is 14.5. The Balaban J connectivity index is 1.30. The van der Waals surface area contributed by atoms with Crippen molar-refractivity contribution in [2.75, 3.05) is 12.0 Å². The number of carbonyl (C=O) groups excluding carboxylic acids is 1. The number of H-pyrrole nitrogens is 1. The highest BCUT2D eigenvalue weighted by Crippen LogP contribution is 2.41. The summed E-state index contributed by atoms with van der Waals surface area (Å²) in [7, 11) is 1.61. The van der Waals surface area contributed by atoms with Gasteiger partial charge in [-0.25, -0.2) is 0 Å². The molecule has 0 aliphatic heterocycles. The lowest BCUT2D eigenvalue weighted by Gasteiger charge is -2.26. The standard InChI is InChI=1S/C37H29N5O3/c1-45-28-21-22-31-30(23-28)33(25-13-5-2-6-14-25)35(38-31)36(43)40-39-34-29-19-11-12-20-32(29)42(37(34)44)24-41(26-15-7-3-8-16-26)27-17-9-4-10-18-27/h2-23,38,44H,24H2,1H3. The molecule has 0 aliphatic rings. The number of nitrogens with one attached hydrogen (secondary N) is 1. The zero-order chi connectivity index (χ0) is 30.8. The molecule has 8 nitrogen and oxygen atoms in total. The van der Waals surface area contributed by atoms with Gasteiger partial charge in [-0.15, -0.1) is 10.2 Å². The van der Waals surface area contributed by atoms with E-state index in [1.54, 1.807) is 11.7 Å². The number of aromatic amines is 1. The van der Waals surface area contributed by atoms with Crippen molar-refractivity contribution in [2.45, 2.75) is 6.67 Å². The Morgan fingerprint density at radius 3 is 2.09 bits per heavy atom. The predicted molar refractivity (Wildman–Crippen MR) is 178 cm³/mol. The molecule has 2 heterocycles. The van der Waals surface area contributed by atoms with Crippen LogP contribution in [-0.4, -0.2) is 27.7 Å². The molecule has 0 atom stereocenters. The molecule has 0 aliphatic carbocycles. The van der Waals surface area contributed by atoms with Crippen LogP contribution in [0.3, 0.4) is 0 Å². The second-order valence-corrected chi connectivity index (χ2v) is 10.5. The van der Waals surface area contributed by atoms with Gasteiger partial charge in [0.15, 0.2) is 5.69 Å². The Morgan fingerprint density at radius 2 is 1.42 bits per heavy atom. The van der Waals surface area contributed by atoms with Crippen molar-refractivity contribution in [3.8, 4) is 22.8 Å². The average Bonchev–Trinajstić information content (AvgIpc) is 3.61. The molecule has 2 aromatic heterocycles. The molecule has 7 aromatic rings. The summed E-state index contributed by atoms with van der Waals surface area (Å²) < 4.78 is 7.23. The summed E-state index contributed by atoms with van der Waals surface area (Å²) in [4.78, 5) is 19.1. The van der Waals surface area contributed by atoms with E-state index < -0.39 is 5.91 Å². The van der Waals surface area contributed by atoms with Gasteiger partial charge in [0.1, 0.15) is 18.1 Å². The Morgan fingerprint density at radius 1 is 0.800 bits per heavy atom. The Labute approximate surface area is 259 Å². The van der Waals surface area contributed by atoms with Crippen molar-refractivity contribution in [3.05, 3.63) is 139 Å². The topological polar surface area (TPSA) is 95.2 Å². The van der Waals surface area contributed by atoms with Gasteiger partial charge in [0.05, 0.1) is 12.6 Å². The summed E-state index contributed by atoms with van der Waals surface area (Å²) in [5.74, 6) is 0.0295. The van der Waals surface area contributed by atoms with E-state index in [0.29, 0.717) is 29.1 Å².